The molecule has 0 saturated heterocycles. The molecule has 0 bridgehead atoms. The van der Waals surface area contributed by atoms with Crippen molar-refractivity contribution in [3.05, 3.63) is 24.0 Å². The van der Waals surface area contributed by atoms with E-state index in [4.69, 9.17) is 14.9 Å². The van der Waals surface area contributed by atoms with Gasteiger partial charge in [0.15, 0.2) is 0 Å². The van der Waals surface area contributed by atoms with Gasteiger partial charge < -0.3 is 14.9 Å². The van der Waals surface area contributed by atoms with Crippen LogP contribution in [-0.4, -0.2) is 42.8 Å². The molecule has 0 aromatic heterocycles. The molecule has 1 aliphatic carbocycles. The van der Waals surface area contributed by atoms with Gasteiger partial charge in [-0.25, -0.2) is 9.59 Å². The van der Waals surface area contributed by atoms with Crippen molar-refractivity contribution in [2.75, 3.05) is 20.3 Å². The Morgan fingerprint density at radius 2 is 1.75 bits per heavy atom. The molecule has 1 aliphatic rings. The maximum Gasteiger partial charge on any atom is 0.537 e. The minimum absolute atomic E-state index is 0.265. The summed E-state index contributed by atoms with van der Waals surface area (Å²) in [5.41, 5.74) is -1.04. The lowest BCUT2D eigenvalue weighted by molar-refractivity contribution is -0.295. The average Bonchev–Trinajstić information content (AvgIpc) is 2.38. The standard InChI is InChI=1S/C11H14O9/c1-16-8-4-2-3-5-11(8,6-17-19-9(12)13)7-18-20-10(14)15/h3-5H,2,6-7H2,1H3,(H,12,13)(H,14,15). The molecule has 2 N–H and O–H groups in total. The van der Waals surface area contributed by atoms with E-state index >= 15 is 0 Å². The van der Waals surface area contributed by atoms with Gasteiger partial charge >= 0.3 is 12.3 Å². The first-order valence-corrected chi connectivity index (χ1v) is 5.47. The molecule has 9 heteroatoms. The molecule has 0 radical (unpaired) electrons. The van der Waals surface area contributed by atoms with Gasteiger partial charge in [-0.1, -0.05) is 12.2 Å². The number of methoxy groups -OCH3 is 1. The van der Waals surface area contributed by atoms with Crippen LogP contribution in [0.25, 0.3) is 0 Å². The molecule has 0 spiro atoms. The predicted octanol–water partition coefficient (Wildman–Crippen LogP) is 1.72. The molecule has 0 heterocycles. The smallest absolute Gasteiger partial charge is 0.500 e. The first kappa shape index (κ1) is 15.8. The van der Waals surface area contributed by atoms with Gasteiger partial charge in [-0.2, -0.15) is 9.78 Å². The molecule has 0 fully saturated rings. The molecule has 1 rings (SSSR count). The van der Waals surface area contributed by atoms with Gasteiger partial charge in [0.25, 0.3) is 0 Å². The van der Waals surface area contributed by atoms with Crippen LogP contribution in [0, 0.1) is 5.41 Å². The third-order valence-corrected chi connectivity index (χ3v) is 2.48. The fourth-order valence-corrected chi connectivity index (χ4v) is 1.69. The quantitative estimate of drug-likeness (QED) is 0.410. The van der Waals surface area contributed by atoms with Crippen LogP contribution < -0.4 is 0 Å². The topological polar surface area (TPSA) is 121 Å². The van der Waals surface area contributed by atoms with Crippen LogP contribution in [0.4, 0.5) is 9.59 Å². The van der Waals surface area contributed by atoms with Crippen molar-refractivity contribution in [1.82, 2.24) is 0 Å². The number of hydrogen-bond acceptors (Lipinski definition) is 7. The van der Waals surface area contributed by atoms with Gasteiger partial charge in [-0.15, -0.1) is 0 Å². The second-order valence-corrected chi connectivity index (χ2v) is 3.79. The first-order chi connectivity index (χ1) is 9.50. The van der Waals surface area contributed by atoms with Crippen molar-refractivity contribution in [3.8, 4) is 0 Å². The van der Waals surface area contributed by atoms with Crippen molar-refractivity contribution in [2.45, 2.75) is 6.42 Å². The normalized spacial score (nSPS) is 16.1. The zero-order valence-corrected chi connectivity index (χ0v) is 10.6. The molecule has 0 atom stereocenters. The summed E-state index contributed by atoms with van der Waals surface area (Å²) in [4.78, 5) is 37.6. The molecule has 0 saturated carbocycles. The highest BCUT2D eigenvalue weighted by molar-refractivity contribution is 5.56. The van der Waals surface area contributed by atoms with Gasteiger partial charge in [-0.05, 0) is 12.5 Å². The summed E-state index contributed by atoms with van der Waals surface area (Å²) in [6.45, 7) is -0.531. The van der Waals surface area contributed by atoms with Gasteiger partial charge in [0.1, 0.15) is 24.4 Å². The lowest BCUT2D eigenvalue weighted by Crippen LogP contribution is -2.35. The third-order valence-electron chi connectivity index (χ3n) is 2.48. The second kappa shape index (κ2) is 7.36. The van der Waals surface area contributed by atoms with Crippen molar-refractivity contribution >= 4 is 12.3 Å². The summed E-state index contributed by atoms with van der Waals surface area (Å²) >= 11 is 0. The van der Waals surface area contributed by atoms with E-state index in [0.717, 1.165) is 0 Å². The Morgan fingerprint density at radius 3 is 2.20 bits per heavy atom. The average molecular weight is 290 g/mol. The second-order valence-electron chi connectivity index (χ2n) is 3.79. The van der Waals surface area contributed by atoms with E-state index in [9.17, 15) is 9.59 Å². The summed E-state index contributed by atoms with van der Waals surface area (Å²) in [6, 6.07) is 0. The van der Waals surface area contributed by atoms with Crippen LogP contribution in [0.3, 0.4) is 0 Å². The van der Waals surface area contributed by atoms with Crippen LogP contribution in [0.5, 0.6) is 0 Å². The monoisotopic (exact) mass is 290 g/mol. The highest BCUT2D eigenvalue weighted by Gasteiger charge is 2.37. The van der Waals surface area contributed by atoms with E-state index in [0.29, 0.717) is 12.2 Å². The third kappa shape index (κ3) is 4.44. The van der Waals surface area contributed by atoms with E-state index in [-0.39, 0.29) is 13.2 Å². The number of rotatable bonds is 7. The predicted molar refractivity (Wildman–Crippen MR) is 61.4 cm³/mol. The lowest BCUT2D eigenvalue weighted by Gasteiger charge is -2.31. The number of allylic oxidation sites excluding steroid dienone is 2. The fourth-order valence-electron chi connectivity index (χ4n) is 1.69. The summed E-state index contributed by atoms with van der Waals surface area (Å²) in [7, 11) is 1.41. The first-order valence-electron chi connectivity index (χ1n) is 5.47. The number of hydrogen-bond donors (Lipinski definition) is 2. The molecule has 112 valence electrons. The molecule has 0 aromatic carbocycles. The lowest BCUT2D eigenvalue weighted by atomic mass is 9.83. The van der Waals surface area contributed by atoms with Crippen LogP contribution in [0.2, 0.25) is 0 Å². The van der Waals surface area contributed by atoms with Crippen LogP contribution in [-0.2, 0) is 24.3 Å². The minimum atomic E-state index is -1.61. The van der Waals surface area contributed by atoms with Crippen molar-refractivity contribution in [3.63, 3.8) is 0 Å². The van der Waals surface area contributed by atoms with E-state index in [1.165, 1.54) is 7.11 Å². The Bertz CT molecular complexity index is 392. The largest absolute Gasteiger partial charge is 0.537 e. The summed E-state index contributed by atoms with van der Waals surface area (Å²) in [5.74, 6) is 0.419. The Balaban J connectivity index is 2.73. The highest BCUT2D eigenvalue weighted by Crippen LogP contribution is 2.34. The van der Waals surface area contributed by atoms with Crippen LogP contribution >= 0.6 is 0 Å². The zero-order chi connectivity index (χ0) is 15.0. The Kier molecular flexibility index (Phi) is 5.81. The number of ether oxygens (including phenoxy) is 1. The van der Waals surface area contributed by atoms with Gasteiger partial charge in [0.2, 0.25) is 0 Å². The molecule has 0 aliphatic heterocycles. The Hall–Kier alpha value is -2.26. The molecular weight excluding hydrogens is 276 g/mol. The van der Waals surface area contributed by atoms with Crippen molar-refractivity contribution in [1.29, 1.82) is 0 Å². The summed E-state index contributed by atoms with van der Waals surface area (Å²) < 4.78 is 5.17. The van der Waals surface area contributed by atoms with Crippen LogP contribution in [0.1, 0.15) is 6.42 Å². The summed E-state index contributed by atoms with van der Waals surface area (Å²) in [5, 5.41) is 16.7. The summed E-state index contributed by atoms with van der Waals surface area (Å²) in [6.07, 6.45) is 2.51. The SMILES string of the molecule is COC1=CCC=CC1(COOC(=O)O)COOC(=O)O. The molecule has 0 aromatic rings. The minimum Gasteiger partial charge on any atom is -0.500 e. The molecule has 20 heavy (non-hydrogen) atoms. The van der Waals surface area contributed by atoms with Gasteiger partial charge in [-0.3, -0.25) is 9.78 Å². The van der Waals surface area contributed by atoms with Crippen molar-refractivity contribution in [2.24, 2.45) is 5.41 Å². The Morgan fingerprint density at radius 1 is 1.20 bits per heavy atom. The number of carbonyl (C=O) groups is 2. The van der Waals surface area contributed by atoms with E-state index in [1.807, 2.05) is 0 Å². The van der Waals surface area contributed by atoms with Gasteiger partial charge in [0.05, 0.1) is 7.11 Å². The molecule has 0 amide bonds. The zero-order valence-electron chi connectivity index (χ0n) is 10.6. The fraction of sp³-hybridized carbons (Fsp3) is 0.455. The Labute approximate surface area is 113 Å². The highest BCUT2D eigenvalue weighted by atomic mass is 17.2. The van der Waals surface area contributed by atoms with E-state index < -0.39 is 17.7 Å². The maximum absolute atomic E-state index is 10.3. The molecular formula is C11H14O9. The van der Waals surface area contributed by atoms with Gasteiger partial charge in [0, 0.05) is 0 Å². The van der Waals surface area contributed by atoms with Crippen LogP contribution in [0.15, 0.2) is 24.0 Å². The van der Waals surface area contributed by atoms with Crippen molar-refractivity contribution < 1.29 is 44.1 Å². The molecule has 9 nitrogen and oxygen atoms in total. The van der Waals surface area contributed by atoms with E-state index in [2.05, 4.69) is 19.6 Å². The maximum atomic E-state index is 10.3. The van der Waals surface area contributed by atoms with E-state index in [1.54, 1.807) is 18.2 Å². The molecule has 0 unspecified atom stereocenters. The number of carboxylic acid groups (broad SMARTS) is 2.